The fourth-order valence-electron chi connectivity index (χ4n) is 1.92. The zero-order chi connectivity index (χ0) is 14.2. The van der Waals surface area contributed by atoms with Gasteiger partial charge in [0.05, 0.1) is 12.2 Å². The quantitative estimate of drug-likeness (QED) is 0.870. The normalized spacial score (nSPS) is 16.3. The number of hydrogen-bond acceptors (Lipinski definition) is 4. The van der Waals surface area contributed by atoms with E-state index in [4.69, 9.17) is 5.11 Å². The summed E-state index contributed by atoms with van der Waals surface area (Å²) in [6.07, 6.45) is 2.19. The summed E-state index contributed by atoms with van der Waals surface area (Å²) in [5.41, 5.74) is -0.418. The van der Waals surface area contributed by atoms with Gasteiger partial charge in [0.1, 0.15) is 0 Å². The van der Waals surface area contributed by atoms with E-state index in [-0.39, 0.29) is 23.1 Å². The lowest BCUT2D eigenvalue weighted by atomic mass is 9.87. The van der Waals surface area contributed by atoms with E-state index >= 15 is 0 Å². The Labute approximate surface area is 111 Å². The van der Waals surface area contributed by atoms with Crippen LogP contribution < -0.4 is 0 Å². The molecule has 0 aromatic carbocycles. The van der Waals surface area contributed by atoms with Crippen LogP contribution in [0.25, 0.3) is 0 Å². The average molecular weight is 266 g/mol. The Morgan fingerprint density at radius 1 is 1.47 bits per heavy atom. The van der Waals surface area contributed by atoms with E-state index in [0.29, 0.717) is 13.1 Å². The van der Waals surface area contributed by atoms with Crippen molar-refractivity contribution in [3.05, 3.63) is 11.9 Å². The molecule has 1 aromatic rings. The number of carboxylic acids is 1. The van der Waals surface area contributed by atoms with Gasteiger partial charge in [0.25, 0.3) is 0 Å². The van der Waals surface area contributed by atoms with Gasteiger partial charge >= 0.3 is 5.97 Å². The molecule has 2 rings (SSSR count). The molecule has 1 N–H and O–H groups in total. The first-order valence-corrected chi connectivity index (χ1v) is 6.29. The number of aromatic carboxylic acids is 1. The maximum Gasteiger partial charge on any atom is 0.358 e. The Morgan fingerprint density at radius 3 is 2.58 bits per heavy atom. The average Bonchev–Trinajstić information content (AvgIpc) is 2.76. The van der Waals surface area contributed by atoms with E-state index in [9.17, 15) is 9.59 Å². The fourth-order valence-corrected chi connectivity index (χ4v) is 1.92. The Hall–Kier alpha value is -1.92. The molecule has 0 saturated carbocycles. The van der Waals surface area contributed by atoms with E-state index in [0.717, 1.165) is 6.42 Å². The molecule has 104 valence electrons. The molecular weight excluding hydrogens is 248 g/mol. The zero-order valence-electron chi connectivity index (χ0n) is 11.3. The van der Waals surface area contributed by atoms with Crippen LogP contribution >= 0.6 is 0 Å². The van der Waals surface area contributed by atoms with Crippen LogP contribution in [-0.4, -0.2) is 50.0 Å². The number of carbonyl (C=O) groups is 2. The first-order chi connectivity index (χ1) is 8.85. The molecule has 1 aromatic heterocycles. The summed E-state index contributed by atoms with van der Waals surface area (Å²) in [6.45, 7) is 6.97. The largest absolute Gasteiger partial charge is 0.476 e. The smallest absolute Gasteiger partial charge is 0.358 e. The summed E-state index contributed by atoms with van der Waals surface area (Å²) in [5.74, 6) is -0.963. The highest BCUT2D eigenvalue weighted by atomic mass is 16.4. The summed E-state index contributed by atoms with van der Waals surface area (Å²) in [6, 6.07) is 0.0252. The molecule has 0 unspecified atom stereocenters. The Morgan fingerprint density at radius 2 is 2.11 bits per heavy atom. The minimum absolute atomic E-state index is 0.0252. The predicted molar refractivity (Wildman–Crippen MR) is 66.7 cm³/mol. The maximum atomic E-state index is 12.2. The molecule has 0 aliphatic carbocycles. The first-order valence-electron chi connectivity index (χ1n) is 6.29. The van der Waals surface area contributed by atoms with Crippen molar-refractivity contribution in [3.63, 3.8) is 0 Å². The molecule has 7 nitrogen and oxygen atoms in total. The molecule has 19 heavy (non-hydrogen) atoms. The molecule has 0 atom stereocenters. The van der Waals surface area contributed by atoms with Crippen molar-refractivity contribution in [2.75, 3.05) is 13.1 Å². The van der Waals surface area contributed by atoms with Gasteiger partial charge < -0.3 is 10.0 Å². The maximum absolute atomic E-state index is 12.2. The van der Waals surface area contributed by atoms with E-state index in [1.54, 1.807) is 4.90 Å². The third kappa shape index (κ3) is 2.45. The van der Waals surface area contributed by atoms with Crippen LogP contribution in [0.3, 0.4) is 0 Å². The zero-order valence-corrected chi connectivity index (χ0v) is 11.3. The van der Waals surface area contributed by atoms with Gasteiger partial charge in [-0.3, -0.25) is 4.79 Å². The van der Waals surface area contributed by atoms with Crippen molar-refractivity contribution in [3.8, 4) is 0 Å². The van der Waals surface area contributed by atoms with Crippen molar-refractivity contribution in [2.24, 2.45) is 5.41 Å². The van der Waals surface area contributed by atoms with Crippen LogP contribution in [0.1, 0.15) is 43.7 Å². The lowest BCUT2D eigenvalue weighted by molar-refractivity contribution is -0.146. The number of carboxylic acid groups (broad SMARTS) is 1. The molecule has 0 radical (unpaired) electrons. The number of rotatable bonds is 4. The molecular formula is C12H18N4O3. The lowest BCUT2D eigenvalue weighted by Crippen LogP contribution is -2.54. The molecule has 1 amide bonds. The van der Waals surface area contributed by atoms with Crippen LogP contribution in [0.2, 0.25) is 0 Å². The third-order valence-electron chi connectivity index (χ3n) is 3.72. The number of amides is 1. The second kappa shape index (κ2) is 4.64. The minimum Gasteiger partial charge on any atom is -0.476 e. The Balaban J connectivity index is 1.96. The molecule has 0 spiro atoms. The highest BCUT2D eigenvalue weighted by Crippen LogP contribution is 2.29. The van der Waals surface area contributed by atoms with Crippen LogP contribution in [0, 0.1) is 5.41 Å². The van der Waals surface area contributed by atoms with E-state index < -0.39 is 5.97 Å². The lowest BCUT2D eigenvalue weighted by Gasteiger charge is -2.42. The Bertz CT molecular complexity index is 503. The minimum atomic E-state index is -1.09. The Kier molecular flexibility index (Phi) is 3.30. The van der Waals surface area contributed by atoms with Gasteiger partial charge in [-0.25, -0.2) is 9.48 Å². The fraction of sp³-hybridized carbons (Fsp3) is 0.667. The number of carbonyl (C=O) groups excluding carboxylic acids is 1. The van der Waals surface area contributed by atoms with Crippen molar-refractivity contribution < 1.29 is 14.7 Å². The van der Waals surface area contributed by atoms with Gasteiger partial charge in [-0.1, -0.05) is 26.0 Å². The molecule has 2 heterocycles. The second-order valence-electron chi connectivity index (χ2n) is 5.49. The van der Waals surface area contributed by atoms with Crippen LogP contribution in [0.4, 0.5) is 0 Å². The number of likely N-dealkylation sites (tertiary alicyclic amines) is 1. The molecule has 1 fully saturated rings. The summed E-state index contributed by atoms with van der Waals surface area (Å²) in [5, 5.41) is 16.1. The highest BCUT2D eigenvalue weighted by Gasteiger charge is 2.39. The van der Waals surface area contributed by atoms with Crippen molar-refractivity contribution in [2.45, 2.75) is 33.2 Å². The van der Waals surface area contributed by atoms with Gasteiger partial charge in [0, 0.05) is 18.5 Å². The number of nitrogens with zero attached hydrogens (tertiary/aromatic N) is 4. The molecule has 0 bridgehead atoms. The van der Waals surface area contributed by atoms with Gasteiger partial charge in [-0.15, -0.1) is 5.10 Å². The van der Waals surface area contributed by atoms with Gasteiger partial charge in [-0.05, 0) is 6.42 Å². The summed E-state index contributed by atoms with van der Waals surface area (Å²) in [7, 11) is 0. The van der Waals surface area contributed by atoms with Crippen molar-refractivity contribution >= 4 is 11.9 Å². The summed E-state index contributed by atoms with van der Waals surface area (Å²) in [4.78, 5) is 24.6. The highest BCUT2D eigenvalue weighted by molar-refractivity contribution is 5.84. The molecule has 7 heteroatoms. The van der Waals surface area contributed by atoms with Crippen LogP contribution in [-0.2, 0) is 4.79 Å². The van der Waals surface area contributed by atoms with Crippen LogP contribution in [0.15, 0.2) is 6.20 Å². The van der Waals surface area contributed by atoms with E-state index in [2.05, 4.69) is 10.3 Å². The first kappa shape index (κ1) is 13.5. The van der Waals surface area contributed by atoms with Crippen molar-refractivity contribution in [1.29, 1.82) is 0 Å². The van der Waals surface area contributed by atoms with Crippen LogP contribution in [0.5, 0.6) is 0 Å². The molecule has 1 aliphatic heterocycles. The summed E-state index contributed by atoms with van der Waals surface area (Å²) >= 11 is 0. The number of aromatic nitrogens is 3. The standard InChI is InChI=1S/C12H18N4O3/c1-4-12(2,3)11(19)15-5-8(6-15)16-7-9(10(17)18)13-14-16/h7-8H,4-6H2,1-3H3,(H,17,18). The third-order valence-corrected chi connectivity index (χ3v) is 3.72. The van der Waals surface area contributed by atoms with Gasteiger partial charge in [-0.2, -0.15) is 0 Å². The van der Waals surface area contributed by atoms with Gasteiger partial charge in [0.15, 0.2) is 5.69 Å². The molecule has 1 saturated heterocycles. The van der Waals surface area contributed by atoms with Gasteiger partial charge in [0.2, 0.25) is 5.91 Å². The second-order valence-corrected chi connectivity index (χ2v) is 5.49. The topological polar surface area (TPSA) is 88.3 Å². The molecule has 1 aliphatic rings. The van der Waals surface area contributed by atoms with Crippen molar-refractivity contribution in [1.82, 2.24) is 19.9 Å². The van der Waals surface area contributed by atoms with E-state index in [1.807, 2.05) is 20.8 Å². The van der Waals surface area contributed by atoms with E-state index in [1.165, 1.54) is 10.9 Å². The number of hydrogen-bond donors (Lipinski definition) is 1. The monoisotopic (exact) mass is 266 g/mol. The summed E-state index contributed by atoms with van der Waals surface area (Å²) < 4.78 is 1.52. The predicted octanol–water partition coefficient (Wildman–Crippen LogP) is 0.796. The SMILES string of the molecule is CCC(C)(C)C(=O)N1CC(n2cc(C(=O)O)nn2)C1.